The van der Waals surface area contributed by atoms with E-state index in [-0.39, 0.29) is 0 Å². The van der Waals surface area contributed by atoms with Crippen LogP contribution in [0.25, 0.3) is 0 Å². The molecule has 0 heterocycles. The fourth-order valence-electron chi connectivity index (χ4n) is 2.42. The van der Waals surface area contributed by atoms with Crippen molar-refractivity contribution in [2.75, 3.05) is 0 Å². The summed E-state index contributed by atoms with van der Waals surface area (Å²) in [6, 6.07) is 0. The second-order valence-electron chi connectivity index (χ2n) is 5.79. The molecule has 0 N–H and O–H groups in total. The summed E-state index contributed by atoms with van der Waals surface area (Å²) >= 11 is 0. The molecule has 0 saturated carbocycles. The normalized spacial score (nSPS) is 11.5. The molecule has 0 heteroatoms. The SMILES string of the molecule is [CH2]CCCCCC=CCCCCCCCCCCC. The third-order valence-corrected chi connectivity index (χ3v) is 3.76. The number of hydrogen-bond donors (Lipinski definition) is 0. The third-order valence-electron chi connectivity index (χ3n) is 3.76. The smallest absolute Gasteiger partial charge is 0.0351 e. The Labute approximate surface area is 123 Å². The van der Waals surface area contributed by atoms with Crippen molar-refractivity contribution in [3.05, 3.63) is 19.1 Å². The zero-order valence-electron chi connectivity index (χ0n) is 13.5. The van der Waals surface area contributed by atoms with E-state index in [2.05, 4.69) is 26.0 Å². The predicted octanol–water partition coefficient (Wildman–Crippen LogP) is 7.25. The Bertz CT molecular complexity index is 169. The Morgan fingerprint density at radius 1 is 0.579 bits per heavy atom. The zero-order valence-corrected chi connectivity index (χ0v) is 13.5. The minimum absolute atomic E-state index is 1.10. The van der Waals surface area contributed by atoms with Crippen LogP contribution in [0.4, 0.5) is 0 Å². The van der Waals surface area contributed by atoms with E-state index < -0.39 is 0 Å². The molecular weight excluding hydrogens is 228 g/mol. The van der Waals surface area contributed by atoms with Crippen LogP contribution >= 0.6 is 0 Å². The molecule has 0 aliphatic rings. The maximum absolute atomic E-state index is 3.87. The van der Waals surface area contributed by atoms with Crippen LogP contribution in [-0.4, -0.2) is 0 Å². The molecule has 0 unspecified atom stereocenters. The Hall–Kier alpha value is -0.260. The molecule has 0 aliphatic heterocycles. The standard InChI is InChI=1S/C19H37/c1-3-5-7-9-11-13-15-17-19-18-16-14-12-10-8-6-4-2/h13,15H,1,3-12,14,16-19H2,2H3. The van der Waals surface area contributed by atoms with Crippen molar-refractivity contribution in [3.8, 4) is 0 Å². The average molecular weight is 266 g/mol. The van der Waals surface area contributed by atoms with Crippen molar-refractivity contribution in [2.24, 2.45) is 0 Å². The molecule has 0 bridgehead atoms. The Balaban J connectivity index is 2.99. The van der Waals surface area contributed by atoms with E-state index in [0.29, 0.717) is 0 Å². The number of unbranched alkanes of at least 4 members (excludes halogenated alkanes) is 13. The second-order valence-corrected chi connectivity index (χ2v) is 5.79. The van der Waals surface area contributed by atoms with Crippen LogP contribution in [0.1, 0.15) is 103 Å². The van der Waals surface area contributed by atoms with E-state index >= 15 is 0 Å². The average Bonchev–Trinajstić information content (AvgIpc) is 2.43. The molecule has 0 nitrogen and oxygen atoms in total. The minimum atomic E-state index is 1.10. The van der Waals surface area contributed by atoms with Gasteiger partial charge in [-0.2, -0.15) is 0 Å². The van der Waals surface area contributed by atoms with Crippen molar-refractivity contribution in [2.45, 2.75) is 103 Å². The van der Waals surface area contributed by atoms with Crippen LogP contribution in [0.3, 0.4) is 0 Å². The Kier molecular flexibility index (Phi) is 17.5. The molecule has 0 aromatic rings. The summed E-state index contributed by atoms with van der Waals surface area (Å²) in [4.78, 5) is 0. The molecule has 0 fully saturated rings. The molecule has 0 saturated heterocycles. The van der Waals surface area contributed by atoms with Crippen molar-refractivity contribution in [1.82, 2.24) is 0 Å². The molecule has 1 radical (unpaired) electrons. The van der Waals surface area contributed by atoms with Gasteiger partial charge in [-0.05, 0) is 25.7 Å². The number of allylic oxidation sites excluding steroid dienone is 2. The lowest BCUT2D eigenvalue weighted by Gasteiger charge is -2.00. The summed E-state index contributed by atoms with van der Waals surface area (Å²) in [6.07, 6.45) is 25.3. The lowest BCUT2D eigenvalue weighted by atomic mass is 10.1. The topological polar surface area (TPSA) is 0 Å². The lowest BCUT2D eigenvalue weighted by Crippen LogP contribution is -1.80. The van der Waals surface area contributed by atoms with Crippen LogP contribution in [0, 0.1) is 6.92 Å². The fraction of sp³-hybridized carbons (Fsp3) is 0.842. The van der Waals surface area contributed by atoms with Crippen molar-refractivity contribution < 1.29 is 0 Å². The summed E-state index contributed by atoms with van der Waals surface area (Å²) in [7, 11) is 0. The Morgan fingerprint density at radius 2 is 1.00 bits per heavy atom. The van der Waals surface area contributed by atoms with E-state index in [1.54, 1.807) is 0 Å². The molecular formula is C19H37. The quantitative estimate of drug-likeness (QED) is 0.216. The highest BCUT2D eigenvalue weighted by Crippen LogP contribution is 2.11. The maximum Gasteiger partial charge on any atom is -0.0351 e. The summed E-state index contributed by atoms with van der Waals surface area (Å²) in [5.41, 5.74) is 0. The van der Waals surface area contributed by atoms with Crippen molar-refractivity contribution in [1.29, 1.82) is 0 Å². The van der Waals surface area contributed by atoms with E-state index in [1.165, 1.54) is 89.9 Å². The third kappa shape index (κ3) is 17.7. The van der Waals surface area contributed by atoms with E-state index in [0.717, 1.165) is 6.42 Å². The van der Waals surface area contributed by atoms with Gasteiger partial charge in [0.25, 0.3) is 0 Å². The van der Waals surface area contributed by atoms with Gasteiger partial charge in [-0.1, -0.05) is 96.6 Å². The highest BCUT2D eigenvalue weighted by atomic mass is 14.0. The maximum atomic E-state index is 3.87. The van der Waals surface area contributed by atoms with E-state index in [4.69, 9.17) is 0 Å². The molecule has 0 amide bonds. The molecule has 113 valence electrons. The van der Waals surface area contributed by atoms with Crippen LogP contribution in [0.2, 0.25) is 0 Å². The highest BCUT2D eigenvalue weighted by Gasteiger charge is 1.91. The molecule has 0 atom stereocenters. The summed E-state index contributed by atoms with van der Waals surface area (Å²) in [5.74, 6) is 0. The molecule has 0 spiro atoms. The van der Waals surface area contributed by atoms with Gasteiger partial charge in [0, 0.05) is 0 Å². The fourth-order valence-corrected chi connectivity index (χ4v) is 2.42. The van der Waals surface area contributed by atoms with Crippen LogP contribution < -0.4 is 0 Å². The molecule has 0 aromatic carbocycles. The lowest BCUT2D eigenvalue weighted by molar-refractivity contribution is 0.566. The van der Waals surface area contributed by atoms with Gasteiger partial charge >= 0.3 is 0 Å². The first kappa shape index (κ1) is 18.7. The van der Waals surface area contributed by atoms with Gasteiger partial charge in [-0.25, -0.2) is 0 Å². The minimum Gasteiger partial charge on any atom is -0.0885 e. The summed E-state index contributed by atoms with van der Waals surface area (Å²) < 4.78 is 0. The summed E-state index contributed by atoms with van der Waals surface area (Å²) in [6.45, 7) is 6.16. The predicted molar refractivity (Wildman–Crippen MR) is 89.4 cm³/mol. The molecule has 19 heavy (non-hydrogen) atoms. The monoisotopic (exact) mass is 265 g/mol. The van der Waals surface area contributed by atoms with Gasteiger partial charge in [-0.3, -0.25) is 0 Å². The first-order chi connectivity index (χ1) is 9.41. The van der Waals surface area contributed by atoms with Crippen LogP contribution in [0.15, 0.2) is 12.2 Å². The van der Waals surface area contributed by atoms with Crippen molar-refractivity contribution in [3.63, 3.8) is 0 Å². The molecule has 0 aromatic heterocycles. The highest BCUT2D eigenvalue weighted by molar-refractivity contribution is 4.81. The number of hydrogen-bond acceptors (Lipinski definition) is 0. The zero-order chi connectivity index (χ0) is 14.0. The number of rotatable bonds is 15. The first-order valence-electron chi connectivity index (χ1n) is 8.86. The Morgan fingerprint density at radius 3 is 1.47 bits per heavy atom. The summed E-state index contributed by atoms with van der Waals surface area (Å²) in [5, 5.41) is 0. The van der Waals surface area contributed by atoms with Crippen molar-refractivity contribution >= 4 is 0 Å². The van der Waals surface area contributed by atoms with Gasteiger partial charge in [0.05, 0.1) is 0 Å². The van der Waals surface area contributed by atoms with Crippen LogP contribution in [-0.2, 0) is 0 Å². The van der Waals surface area contributed by atoms with Gasteiger partial charge in [-0.15, -0.1) is 0 Å². The van der Waals surface area contributed by atoms with Gasteiger partial charge in [0.2, 0.25) is 0 Å². The van der Waals surface area contributed by atoms with Crippen LogP contribution in [0.5, 0.6) is 0 Å². The van der Waals surface area contributed by atoms with Gasteiger partial charge in [0.1, 0.15) is 0 Å². The second kappa shape index (κ2) is 17.7. The van der Waals surface area contributed by atoms with Gasteiger partial charge < -0.3 is 0 Å². The van der Waals surface area contributed by atoms with E-state index in [1.807, 2.05) is 0 Å². The molecule has 0 rings (SSSR count). The first-order valence-corrected chi connectivity index (χ1v) is 8.86. The van der Waals surface area contributed by atoms with Gasteiger partial charge in [0.15, 0.2) is 0 Å². The molecule has 0 aliphatic carbocycles. The largest absolute Gasteiger partial charge is 0.0885 e. The van der Waals surface area contributed by atoms with E-state index in [9.17, 15) is 0 Å².